The summed E-state index contributed by atoms with van der Waals surface area (Å²) in [5.41, 5.74) is 0. The van der Waals surface area contributed by atoms with Crippen LogP contribution in [0, 0.1) is 0 Å². The van der Waals surface area contributed by atoms with Gasteiger partial charge in [0.05, 0.1) is 0 Å². The zero-order valence-corrected chi connectivity index (χ0v) is 42.2. The highest BCUT2D eigenvalue weighted by Crippen LogP contribution is 2.14. The highest BCUT2D eigenvalue weighted by molar-refractivity contribution is 5.71. The second-order valence-corrected chi connectivity index (χ2v) is 17.4. The molecule has 1 unspecified atom stereocenters. The lowest BCUT2D eigenvalue weighted by molar-refractivity contribution is -0.167. The summed E-state index contributed by atoms with van der Waals surface area (Å²) in [5, 5.41) is 0. The molecule has 0 aliphatic carbocycles. The van der Waals surface area contributed by atoms with Gasteiger partial charge in [0.25, 0.3) is 0 Å². The largest absolute Gasteiger partial charge is 0.462 e. The molecule has 0 aromatic rings. The van der Waals surface area contributed by atoms with Crippen LogP contribution in [0.4, 0.5) is 0 Å². The van der Waals surface area contributed by atoms with Gasteiger partial charge in [0, 0.05) is 19.3 Å². The van der Waals surface area contributed by atoms with Crippen LogP contribution >= 0.6 is 0 Å². The van der Waals surface area contributed by atoms with E-state index in [2.05, 4.69) is 118 Å². The van der Waals surface area contributed by atoms with Crippen molar-refractivity contribution in [1.82, 2.24) is 0 Å². The molecule has 0 saturated carbocycles. The average molecular weight is 903 g/mol. The molecule has 0 aliphatic heterocycles. The molecule has 65 heavy (non-hydrogen) atoms. The first kappa shape index (κ1) is 61.3. The van der Waals surface area contributed by atoms with Crippen LogP contribution in [0.25, 0.3) is 0 Å². The van der Waals surface area contributed by atoms with Gasteiger partial charge in [0.15, 0.2) is 6.10 Å². The Bertz CT molecular complexity index is 1310. The van der Waals surface area contributed by atoms with Crippen LogP contribution in [0.5, 0.6) is 0 Å². The van der Waals surface area contributed by atoms with E-state index >= 15 is 0 Å². The van der Waals surface area contributed by atoms with Crippen LogP contribution in [0.3, 0.4) is 0 Å². The maximum Gasteiger partial charge on any atom is 0.306 e. The summed E-state index contributed by atoms with van der Waals surface area (Å²) in [4.78, 5) is 38.0. The number of carbonyl (C=O) groups is 3. The molecule has 0 spiro atoms. The maximum absolute atomic E-state index is 12.8. The third-order valence-corrected chi connectivity index (χ3v) is 11.1. The standard InChI is InChI=1S/C59H98O6/c1-4-7-10-13-16-19-22-25-28-30-32-34-37-40-43-46-49-52-58(61)64-55-56(54-63-57(60)51-48-45-42-39-36-33-27-24-21-18-15-12-9-6-3)65-59(62)53-50-47-44-41-38-35-31-29-26-23-20-17-14-11-8-5-2/h8-9,11-12,17-18,20-21,25-29,33,35,38,56H,4-7,10,13-16,19,22-24,30-32,34,36-37,39-55H2,1-3H3/b11-8-,12-9-,20-17-,21-18-,28-25-,29-26-,33-27-,38-35-. The van der Waals surface area contributed by atoms with Gasteiger partial charge >= 0.3 is 17.9 Å². The van der Waals surface area contributed by atoms with E-state index in [9.17, 15) is 14.4 Å². The van der Waals surface area contributed by atoms with Crippen LogP contribution in [0.15, 0.2) is 97.2 Å². The smallest absolute Gasteiger partial charge is 0.306 e. The Morgan fingerprint density at radius 1 is 0.323 bits per heavy atom. The minimum atomic E-state index is -0.806. The predicted molar refractivity (Wildman–Crippen MR) is 279 cm³/mol. The highest BCUT2D eigenvalue weighted by atomic mass is 16.6. The molecule has 0 fully saturated rings. The Kier molecular flexibility index (Phi) is 50.0. The van der Waals surface area contributed by atoms with Gasteiger partial charge in [-0.1, -0.05) is 201 Å². The minimum absolute atomic E-state index is 0.101. The topological polar surface area (TPSA) is 78.9 Å². The third kappa shape index (κ3) is 51.2. The van der Waals surface area contributed by atoms with Crippen molar-refractivity contribution in [1.29, 1.82) is 0 Å². The summed E-state index contributed by atoms with van der Waals surface area (Å²) in [6, 6.07) is 0. The van der Waals surface area contributed by atoms with Crippen molar-refractivity contribution >= 4 is 17.9 Å². The van der Waals surface area contributed by atoms with Gasteiger partial charge in [-0.15, -0.1) is 0 Å². The number of hydrogen-bond acceptors (Lipinski definition) is 6. The third-order valence-electron chi connectivity index (χ3n) is 11.1. The first-order chi connectivity index (χ1) is 32.0. The SMILES string of the molecule is CC/C=C\C/C=C\C/C=C\C/C=C\CCCCCC(=O)OC(COC(=O)CCCCCC/C=C\C/C=C\C/C=C\CC)COC(=O)CCCCCCCCC/C=C\CCCCCCCC. The van der Waals surface area contributed by atoms with E-state index in [1.54, 1.807) is 0 Å². The number of hydrogen-bond donors (Lipinski definition) is 0. The monoisotopic (exact) mass is 903 g/mol. The average Bonchev–Trinajstić information content (AvgIpc) is 3.30. The van der Waals surface area contributed by atoms with Gasteiger partial charge in [0.1, 0.15) is 13.2 Å². The quantitative estimate of drug-likeness (QED) is 0.0262. The number of carbonyl (C=O) groups excluding carboxylic acids is 3. The summed E-state index contributed by atoms with van der Waals surface area (Å²) in [6.45, 7) is 6.35. The van der Waals surface area contributed by atoms with Crippen LogP contribution in [-0.4, -0.2) is 37.2 Å². The van der Waals surface area contributed by atoms with Crippen LogP contribution < -0.4 is 0 Å². The summed E-state index contributed by atoms with van der Waals surface area (Å²) in [5.74, 6) is -0.961. The zero-order valence-electron chi connectivity index (χ0n) is 42.2. The van der Waals surface area contributed by atoms with Crippen molar-refractivity contribution in [2.45, 2.75) is 245 Å². The molecule has 0 aromatic carbocycles. The molecular formula is C59H98O6. The molecule has 6 nitrogen and oxygen atoms in total. The van der Waals surface area contributed by atoms with Crippen molar-refractivity contribution in [3.8, 4) is 0 Å². The van der Waals surface area contributed by atoms with Gasteiger partial charge in [-0.3, -0.25) is 14.4 Å². The van der Waals surface area contributed by atoms with Gasteiger partial charge < -0.3 is 14.2 Å². The van der Waals surface area contributed by atoms with E-state index in [-0.39, 0.29) is 37.5 Å². The fraction of sp³-hybridized carbons (Fsp3) is 0.678. The van der Waals surface area contributed by atoms with Crippen LogP contribution in [-0.2, 0) is 28.6 Å². The molecule has 0 radical (unpaired) electrons. The molecule has 0 amide bonds. The van der Waals surface area contributed by atoms with E-state index in [0.717, 1.165) is 122 Å². The number of allylic oxidation sites excluding steroid dienone is 16. The summed E-state index contributed by atoms with van der Waals surface area (Å²) in [7, 11) is 0. The van der Waals surface area contributed by atoms with Gasteiger partial charge in [0.2, 0.25) is 0 Å². The summed E-state index contributed by atoms with van der Waals surface area (Å²) < 4.78 is 16.8. The second kappa shape index (κ2) is 52.9. The lowest BCUT2D eigenvalue weighted by Crippen LogP contribution is -2.30. The van der Waals surface area contributed by atoms with E-state index < -0.39 is 6.10 Å². The molecule has 1 atom stereocenters. The lowest BCUT2D eigenvalue weighted by atomic mass is 10.1. The Balaban J connectivity index is 4.48. The zero-order chi connectivity index (χ0) is 47.2. The Morgan fingerprint density at radius 3 is 0.969 bits per heavy atom. The van der Waals surface area contributed by atoms with Crippen molar-refractivity contribution in [3.05, 3.63) is 97.2 Å². The summed E-state index contributed by atoms with van der Waals surface area (Å²) >= 11 is 0. The van der Waals surface area contributed by atoms with Crippen LogP contribution in [0.1, 0.15) is 239 Å². The lowest BCUT2D eigenvalue weighted by Gasteiger charge is -2.18. The maximum atomic E-state index is 12.8. The molecular weight excluding hydrogens is 805 g/mol. The second-order valence-electron chi connectivity index (χ2n) is 17.4. The fourth-order valence-corrected chi connectivity index (χ4v) is 7.09. The number of ether oxygens (including phenoxy) is 3. The highest BCUT2D eigenvalue weighted by Gasteiger charge is 2.19. The van der Waals surface area contributed by atoms with Crippen molar-refractivity contribution in [2.24, 2.45) is 0 Å². The van der Waals surface area contributed by atoms with Crippen LogP contribution in [0.2, 0.25) is 0 Å². The van der Waals surface area contributed by atoms with Gasteiger partial charge in [-0.25, -0.2) is 0 Å². The molecule has 0 heterocycles. The molecule has 6 heteroatoms. The molecule has 370 valence electrons. The normalized spacial score (nSPS) is 12.8. The Labute approximate surface area is 400 Å². The van der Waals surface area contributed by atoms with E-state index in [0.29, 0.717) is 12.8 Å². The molecule has 0 aromatic heterocycles. The van der Waals surface area contributed by atoms with Crippen molar-refractivity contribution in [3.63, 3.8) is 0 Å². The van der Waals surface area contributed by atoms with E-state index in [1.807, 2.05) is 0 Å². The predicted octanol–water partition coefficient (Wildman–Crippen LogP) is 17.8. The molecule has 0 saturated heterocycles. The van der Waals surface area contributed by atoms with E-state index in [4.69, 9.17) is 14.2 Å². The molecule has 0 bridgehead atoms. The summed E-state index contributed by atoms with van der Waals surface area (Å²) in [6.07, 6.45) is 69.6. The molecule has 0 rings (SSSR count). The Morgan fingerprint density at radius 2 is 0.600 bits per heavy atom. The first-order valence-electron chi connectivity index (χ1n) is 26.7. The van der Waals surface area contributed by atoms with Gasteiger partial charge in [-0.2, -0.15) is 0 Å². The minimum Gasteiger partial charge on any atom is -0.462 e. The fourth-order valence-electron chi connectivity index (χ4n) is 7.09. The van der Waals surface area contributed by atoms with Crippen molar-refractivity contribution < 1.29 is 28.6 Å². The first-order valence-corrected chi connectivity index (χ1v) is 26.7. The Hall–Kier alpha value is -3.67. The molecule has 0 aliphatic rings. The number of esters is 3. The molecule has 0 N–H and O–H groups in total. The number of rotatable bonds is 47. The van der Waals surface area contributed by atoms with Crippen molar-refractivity contribution in [2.75, 3.05) is 13.2 Å². The van der Waals surface area contributed by atoms with Gasteiger partial charge in [-0.05, 0) is 116 Å². The number of unbranched alkanes of at least 4 members (excludes halogenated alkanes) is 20. The van der Waals surface area contributed by atoms with E-state index in [1.165, 1.54) is 77.0 Å².